The number of piperidine rings is 1. The summed E-state index contributed by atoms with van der Waals surface area (Å²) in [6, 6.07) is 16.2. The average Bonchev–Trinajstić information content (AvgIpc) is 3.12. The van der Waals surface area contributed by atoms with Crippen LogP contribution in [0.1, 0.15) is 36.1 Å². The van der Waals surface area contributed by atoms with Gasteiger partial charge in [0.05, 0.1) is 27.7 Å². The Bertz CT molecular complexity index is 1130. The summed E-state index contributed by atoms with van der Waals surface area (Å²) < 4.78 is 1.25. The predicted molar refractivity (Wildman–Crippen MR) is 108 cm³/mol. The molecular formula is C21H21N4OS+. The zero-order valence-electron chi connectivity index (χ0n) is 14.9. The number of rotatable bonds is 3. The monoisotopic (exact) mass is 377 g/mol. The van der Waals surface area contributed by atoms with Crippen molar-refractivity contribution in [3.63, 3.8) is 0 Å². The summed E-state index contributed by atoms with van der Waals surface area (Å²) in [5, 5.41) is 1.85. The van der Waals surface area contributed by atoms with Gasteiger partial charge in [0.25, 0.3) is 5.56 Å². The van der Waals surface area contributed by atoms with Gasteiger partial charge >= 0.3 is 0 Å². The molecule has 1 unspecified atom stereocenters. The van der Waals surface area contributed by atoms with Crippen molar-refractivity contribution in [1.82, 2.24) is 15.0 Å². The summed E-state index contributed by atoms with van der Waals surface area (Å²) in [4.78, 5) is 26.4. The molecule has 2 aromatic carbocycles. The molecule has 0 spiro atoms. The third kappa shape index (κ3) is 3.15. The van der Waals surface area contributed by atoms with Gasteiger partial charge in [-0.05, 0) is 37.1 Å². The van der Waals surface area contributed by atoms with Gasteiger partial charge < -0.3 is 9.88 Å². The fourth-order valence-corrected chi connectivity index (χ4v) is 5.22. The number of likely N-dealkylation sites (tertiary alicyclic amines) is 1. The number of nitrogens with zero attached hydrogens (tertiary/aromatic N) is 2. The van der Waals surface area contributed by atoms with Crippen molar-refractivity contribution in [2.24, 2.45) is 0 Å². The Kier molecular flexibility index (Phi) is 4.22. The molecule has 2 aromatic heterocycles. The van der Waals surface area contributed by atoms with E-state index in [1.54, 1.807) is 11.3 Å². The summed E-state index contributed by atoms with van der Waals surface area (Å²) >= 11 is 1.80. The molecule has 5 nitrogen and oxygen atoms in total. The number of H-pyrrole nitrogens is 1. The maximum atomic E-state index is 12.4. The Balaban J connectivity index is 1.48. The molecule has 1 aliphatic heterocycles. The molecule has 27 heavy (non-hydrogen) atoms. The third-order valence-corrected chi connectivity index (χ3v) is 6.55. The lowest BCUT2D eigenvalue weighted by molar-refractivity contribution is -0.950. The number of para-hydroxylation sites is 2. The molecule has 1 fully saturated rings. The number of aromatic amines is 1. The molecule has 136 valence electrons. The molecule has 0 saturated carbocycles. The lowest BCUT2D eigenvalue weighted by Gasteiger charge is -2.30. The first-order valence-corrected chi connectivity index (χ1v) is 10.3. The standard InChI is InChI=1S/C21H20N4OS/c26-20-14-7-1-2-8-15(14)22-19(24-20)13-25-12-6-5-10-17(25)21-23-16-9-3-4-11-18(16)27-21/h1-4,7-9,11,17H,5-6,10,12-13H2,(H,22,24,26)/p+1/t17-/m1/s1. The van der Waals surface area contributed by atoms with E-state index in [-0.39, 0.29) is 5.56 Å². The predicted octanol–water partition coefficient (Wildman–Crippen LogP) is 2.84. The second-order valence-electron chi connectivity index (χ2n) is 7.18. The Morgan fingerprint density at radius 3 is 2.74 bits per heavy atom. The number of aromatic nitrogens is 3. The van der Waals surface area contributed by atoms with Crippen LogP contribution in [-0.2, 0) is 6.54 Å². The highest BCUT2D eigenvalue weighted by molar-refractivity contribution is 7.18. The van der Waals surface area contributed by atoms with Gasteiger partial charge in [0.2, 0.25) is 0 Å². The van der Waals surface area contributed by atoms with Crippen LogP contribution in [0.3, 0.4) is 0 Å². The molecule has 1 aliphatic rings. The molecule has 2 N–H and O–H groups in total. The van der Waals surface area contributed by atoms with Crippen LogP contribution in [0.5, 0.6) is 0 Å². The summed E-state index contributed by atoms with van der Waals surface area (Å²) in [6.07, 6.45) is 3.56. The van der Waals surface area contributed by atoms with Crippen molar-refractivity contribution >= 4 is 32.5 Å². The zero-order chi connectivity index (χ0) is 18.2. The fraction of sp³-hybridized carbons (Fsp3) is 0.286. The smallest absolute Gasteiger partial charge is 0.258 e. The summed E-state index contributed by atoms with van der Waals surface area (Å²) in [5.74, 6) is 0.765. The van der Waals surface area contributed by atoms with Crippen LogP contribution in [0.15, 0.2) is 53.3 Å². The van der Waals surface area contributed by atoms with E-state index in [0.29, 0.717) is 11.4 Å². The number of hydrogen-bond donors (Lipinski definition) is 2. The molecule has 2 atom stereocenters. The molecule has 0 bridgehead atoms. The number of fused-ring (bicyclic) bond motifs is 2. The van der Waals surface area contributed by atoms with Gasteiger partial charge in [0, 0.05) is 6.42 Å². The molecule has 4 aromatic rings. The number of hydrogen-bond acceptors (Lipinski definition) is 4. The van der Waals surface area contributed by atoms with E-state index < -0.39 is 0 Å². The average molecular weight is 377 g/mol. The minimum absolute atomic E-state index is 0.0523. The Hall–Kier alpha value is -2.57. The van der Waals surface area contributed by atoms with E-state index in [0.717, 1.165) is 36.4 Å². The van der Waals surface area contributed by atoms with Gasteiger partial charge in [-0.25, -0.2) is 9.97 Å². The van der Waals surface area contributed by atoms with Crippen molar-refractivity contribution in [1.29, 1.82) is 0 Å². The minimum atomic E-state index is -0.0523. The first kappa shape index (κ1) is 16.6. The topological polar surface area (TPSA) is 63.1 Å². The van der Waals surface area contributed by atoms with E-state index in [1.165, 1.54) is 27.4 Å². The van der Waals surface area contributed by atoms with Crippen molar-refractivity contribution in [3.8, 4) is 0 Å². The van der Waals surface area contributed by atoms with Crippen LogP contribution in [-0.4, -0.2) is 21.5 Å². The van der Waals surface area contributed by atoms with E-state index in [4.69, 9.17) is 9.97 Å². The van der Waals surface area contributed by atoms with Crippen molar-refractivity contribution in [3.05, 3.63) is 69.7 Å². The second kappa shape index (κ2) is 6.87. The van der Waals surface area contributed by atoms with Crippen LogP contribution in [0, 0.1) is 0 Å². The maximum Gasteiger partial charge on any atom is 0.258 e. The van der Waals surface area contributed by atoms with Gasteiger partial charge in [0.1, 0.15) is 12.6 Å². The number of quaternary nitrogens is 1. The van der Waals surface area contributed by atoms with Gasteiger partial charge in [-0.1, -0.05) is 24.3 Å². The van der Waals surface area contributed by atoms with Crippen molar-refractivity contribution in [2.75, 3.05) is 6.54 Å². The molecule has 3 heterocycles. The molecule has 0 aliphatic carbocycles. The highest BCUT2D eigenvalue weighted by Crippen LogP contribution is 2.28. The summed E-state index contributed by atoms with van der Waals surface area (Å²) in [7, 11) is 0. The zero-order valence-corrected chi connectivity index (χ0v) is 15.8. The maximum absolute atomic E-state index is 12.4. The molecule has 6 heteroatoms. The van der Waals surface area contributed by atoms with Crippen LogP contribution in [0.2, 0.25) is 0 Å². The summed E-state index contributed by atoms with van der Waals surface area (Å²) in [6.45, 7) is 1.80. The summed E-state index contributed by atoms with van der Waals surface area (Å²) in [5.41, 5.74) is 1.80. The normalized spacial score (nSPS) is 20.3. The Morgan fingerprint density at radius 1 is 1.04 bits per heavy atom. The second-order valence-corrected chi connectivity index (χ2v) is 8.25. The van der Waals surface area contributed by atoms with E-state index >= 15 is 0 Å². The Labute approximate surface area is 160 Å². The Morgan fingerprint density at radius 2 is 1.85 bits per heavy atom. The third-order valence-electron chi connectivity index (χ3n) is 5.40. The van der Waals surface area contributed by atoms with E-state index in [9.17, 15) is 4.79 Å². The first-order valence-electron chi connectivity index (χ1n) is 9.46. The van der Waals surface area contributed by atoms with Gasteiger partial charge in [0.15, 0.2) is 10.8 Å². The van der Waals surface area contributed by atoms with Crippen molar-refractivity contribution < 1.29 is 4.90 Å². The number of thiazole rings is 1. The lowest BCUT2D eigenvalue weighted by Crippen LogP contribution is -3.11. The fourth-order valence-electron chi connectivity index (χ4n) is 4.06. The highest BCUT2D eigenvalue weighted by Gasteiger charge is 2.31. The number of benzene rings is 2. The van der Waals surface area contributed by atoms with Crippen LogP contribution in [0.4, 0.5) is 0 Å². The molecule has 5 rings (SSSR count). The SMILES string of the molecule is O=c1[nH]c(C[NH+]2CCCC[C@@H]2c2nc3ccccc3s2)nc2ccccc12. The van der Waals surface area contributed by atoms with E-state index in [2.05, 4.69) is 23.2 Å². The lowest BCUT2D eigenvalue weighted by atomic mass is 10.0. The van der Waals surface area contributed by atoms with Crippen LogP contribution in [0.25, 0.3) is 21.1 Å². The van der Waals surface area contributed by atoms with Crippen LogP contribution >= 0.6 is 11.3 Å². The van der Waals surface area contributed by atoms with Crippen LogP contribution < -0.4 is 10.5 Å². The first-order chi connectivity index (χ1) is 13.3. The molecular weight excluding hydrogens is 356 g/mol. The molecule has 1 saturated heterocycles. The highest BCUT2D eigenvalue weighted by atomic mass is 32.1. The van der Waals surface area contributed by atoms with Crippen molar-refractivity contribution in [2.45, 2.75) is 31.8 Å². The minimum Gasteiger partial charge on any atom is -0.320 e. The molecule has 0 amide bonds. The van der Waals surface area contributed by atoms with Gasteiger partial charge in [-0.3, -0.25) is 4.79 Å². The largest absolute Gasteiger partial charge is 0.320 e. The number of nitrogens with one attached hydrogen (secondary N) is 2. The van der Waals surface area contributed by atoms with E-state index in [1.807, 2.05) is 30.3 Å². The van der Waals surface area contributed by atoms with Gasteiger partial charge in [-0.15, -0.1) is 11.3 Å². The molecule has 0 radical (unpaired) electrons. The van der Waals surface area contributed by atoms with Gasteiger partial charge in [-0.2, -0.15) is 0 Å². The quantitative estimate of drug-likeness (QED) is 0.577.